The van der Waals surface area contributed by atoms with E-state index in [4.69, 9.17) is 14.8 Å². The summed E-state index contributed by atoms with van der Waals surface area (Å²) in [7, 11) is 0.237. The molecule has 1 rings (SSSR count). The van der Waals surface area contributed by atoms with Gasteiger partial charge in [0.25, 0.3) is 0 Å². The lowest BCUT2D eigenvalue weighted by Crippen LogP contribution is -2.30. The van der Waals surface area contributed by atoms with Crippen LogP contribution in [0.5, 0.6) is 0 Å². The molecular weight excluding hydrogens is 181 g/mol. The van der Waals surface area contributed by atoms with E-state index >= 15 is 0 Å². The van der Waals surface area contributed by atoms with Crippen LogP contribution in [0.25, 0.3) is 0 Å². The molecule has 4 nitrogen and oxygen atoms in total. The number of hydrogen-bond acceptors (Lipinski definition) is 4. The van der Waals surface area contributed by atoms with Crippen LogP contribution in [0, 0.1) is 0 Å². The van der Waals surface area contributed by atoms with Crippen molar-refractivity contribution in [3.63, 3.8) is 0 Å². The highest BCUT2D eigenvalue weighted by atomic mass is 16.5. The fourth-order valence-electron chi connectivity index (χ4n) is 1.19. The Bertz CT molecular complexity index is 281. The quantitative estimate of drug-likeness (QED) is 0.483. The Hall–Kier alpha value is -0.905. The van der Waals surface area contributed by atoms with Crippen molar-refractivity contribution in [2.24, 2.45) is 0 Å². The second kappa shape index (κ2) is 5.75. The van der Waals surface area contributed by atoms with Gasteiger partial charge in [-0.05, 0) is 30.4 Å². The van der Waals surface area contributed by atoms with Crippen molar-refractivity contribution in [2.45, 2.75) is 12.8 Å². The Kier molecular flexibility index (Phi) is 4.59. The van der Waals surface area contributed by atoms with E-state index in [9.17, 15) is 0 Å². The first-order valence-electron chi connectivity index (χ1n) is 4.54. The SMILES string of the molecule is COCCCc1cc(B(O)O)ccn1. The third-order valence-electron chi connectivity index (χ3n) is 1.92. The number of methoxy groups -OCH3 is 1. The molecular formula is C9H14BNO3. The molecule has 14 heavy (non-hydrogen) atoms. The van der Waals surface area contributed by atoms with Gasteiger partial charge in [-0.3, -0.25) is 4.98 Å². The second-order valence-corrected chi connectivity index (χ2v) is 3.05. The normalized spacial score (nSPS) is 10.2. The van der Waals surface area contributed by atoms with E-state index in [1.807, 2.05) is 0 Å². The Labute approximate surface area is 83.7 Å². The number of hydrogen-bond donors (Lipinski definition) is 2. The Balaban J connectivity index is 2.55. The van der Waals surface area contributed by atoms with Crippen LogP contribution in [-0.4, -0.2) is 35.9 Å². The van der Waals surface area contributed by atoms with Gasteiger partial charge < -0.3 is 14.8 Å². The molecule has 1 aromatic heterocycles. The lowest BCUT2D eigenvalue weighted by molar-refractivity contribution is 0.195. The number of nitrogens with zero attached hydrogens (tertiary/aromatic N) is 1. The summed E-state index contributed by atoms with van der Waals surface area (Å²) in [5.74, 6) is 0. The van der Waals surface area contributed by atoms with Crippen LogP contribution < -0.4 is 5.46 Å². The molecule has 0 aliphatic rings. The minimum atomic E-state index is -1.42. The number of pyridine rings is 1. The summed E-state index contributed by atoms with van der Waals surface area (Å²) in [6.45, 7) is 0.688. The molecule has 0 aliphatic carbocycles. The standard InChI is InChI=1S/C9H14BNO3/c1-14-6-2-3-9-7-8(10(12)13)4-5-11-9/h4-5,7,12-13H,2-3,6H2,1H3. The van der Waals surface area contributed by atoms with E-state index in [-0.39, 0.29) is 0 Å². The van der Waals surface area contributed by atoms with Crippen molar-refractivity contribution < 1.29 is 14.8 Å². The van der Waals surface area contributed by atoms with Gasteiger partial charge in [-0.15, -0.1) is 0 Å². The largest absolute Gasteiger partial charge is 0.488 e. The van der Waals surface area contributed by atoms with Crippen LogP contribution in [0.1, 0.15) is 12.1 Å². The van der Waals surface area contributed by atoms with Gasteiger partial charge in [-0.1, -0.05) is 0 Å². The average molecular weight is 195 g/mol. The molecule has 0 atom stereocenters. The maximum absolute atomic E-state index is 8.92. The first-order chi connectivity index (χ1) is 6.74. The molecule has 1 heterocycles. The molecule has 0 aromatic carbocycles. The van der Waals surface area contributed by atoms with Crippen LogP contribution in [0.2, 0.25) is 0 Å². The van der Waals surface area contributed by atoms with E-state index < -0.39 is 7.12 Å². The molecule has 0 spiro atoms. The van der Waals surface area contributed by atoms with Gasteiger partial charge in [0.05, 0.1) is 0 Å². The molecule has 0 bridgehead atoms. The molecule has 0 saturated carbocycles. The molecule has 1 aromatic rings. The van der Waals surface area contributed by atoms with Crippen LogP contribution >= 0.6 is 0 Å². The summed E-state index contributed by atoms with van der Waals surface area (Å²) in [4.78, 5) is 4.12. The summed E-state index contributed by atoms with van der Waals surface area (Å²) in [5, 5.41) is 17.8. The molecule has 0 saturated heterocycles. The fraction of sp³-hybridized carbons (Fsp3) is 0.444. The Morgan fingerprint density at radius 3 is 2.93 bits per heavy atom. The summed E-state index contributed by atoms with van der Waals surface area (Å²) >= 11 is 0. The summed E-state index contributed by atoms with van der Waals surface area (Å²) in [6, 6.07) is 3.28. The van der Waals surface area contributed by atoms with Gasteiger partial charge in [0, 0.05) is 25.6 Å². The monoisotopic (exact) mass is 195 g/mol. The van der Waals surface area contributed by atoms with Crippen molar-refractivity contribution in [1.29, 1.82) is 0 Å². The first-order valence-corrected chi connectivity index (χ1v) is 4.54. The van der Waals surface area contributed by atoms with Gasteiger partial charge in [0.1, 0.15) is 0 Å². The minimum Gasteiger partial charge on any atom is -0.423 e. The van der Waals surface area contributed by atoms with Gasteiger partial charge >= 0.3 is 7.12 Å². The maximum atomic E-state index is 8.92. The summed E-state index contributed by atoms with van der Waals surface area (Å²) in [5.41, 5.74) is 1.33. The first kappa shape index (κ1) is 11.2. The van der Waals surface area contributed by atoms with Crippen molar-refractivity contribution in [3.05, 3.63) is 24.0 Å². The highest BCUT2D eigenvalue weighted by Gasteiger charge is 2.10. The molecule has 76 valence electrons. The van der Waals surface area contributed by atoms with Crippen molar-refractivity contribution in [2.75, 3.05) is 13.7 Å². The number of aryl methyl sites for hydroxylation is 1. The Morgan fingerprint density at radius 2 is 2.29 bits per heavy atom. The van der Waals surface area contributed by atoms with Crippen molar-refractivity contribution >= 4 is 12.6 Å². The lowest BCUT2D eigenvalue weighted by atomic mass is 9.80. The van der Waals surface area contributed by atoms with Crippen LogP contribution in [-0.2, 0) is 11.2 Å². The molecule has 0 radical (unpaired) electrons. The lowest BCUT2D eigenvalue weighted by Gasteiger charge is -2.03. The molecule has 0 unspecified atom stereocenters. The van der Waals surface area contributed by atoms with Crippen molar-refractivity contribution in [3.8, 4) is 0 Å². The average Bonchev–Trinajstić information content (AvgIpc) is 2.19. The number of aromatic nitrogens is 1. The third kappa shape index (κ3) is 3.45. The van der Waals surface area contributed by atoms with Crippen LogP contribution in [0.4, 0.5) is 0 Å². The zero-order valence-electron chi connectivity index (χ0n) is 8.18. The second-order valence-electron chi connectivity index (χ2n) is 3.05. The summed E-state index contributed by atoms with van der Waals surface area (Å²) < 4.78 is 4.91. The van der Waals surface area contributed by atoms with Gasteiger partial charge in [-0.2, -0.15) is 0 Å². The highest BCUT2D eigenvalue weighted by molar-refractivity contribution is 6.58. The van der Waals surface area contributed by atoms with E-state index in [1.165, 1.54) is 0 Å². The fourth-order valence-corrected chi connectivity index (χ4v) is 1.19. The van der Waals surface area contributed by atoms with Gasteiger partial charge in [-0.25, -0.2) is 0 Å². The van der Waals surface area contributed by atoms with Crippen molar-refractivity contribution in [1.82, 2.24) is 4.98 Å². The smallest absolute Gasteiger partial charge is 0.423 e. The number of ether oxygens (including phenoxy) is 1. The van der Waals surface area contributed by atoms with Gasteiger partial charge in [0.15, 0.2) is 0 Å². The predicted octanol–water partition coefficient (Wildman–Crippen LogP) is -0.660. The third-order valence-corrected chi connectivity index (χ3v) is 1.92. The predicted molar refractivity (Wildman–Crippen MR) is 54.3 cm³/mol. The van der Waals surface area contributed by atoms with E-state index in [2.05, 4.69) is 4.98 Å². The molecule has 0 amide bonds. The topological polar surface area (TPSA) is 62.6 Å². The highest BCUT2D eigenvalue weighted by Crippen LogP contribution is 1.97. The number of rotatable bonds is 5. The molecule has 0 fully saturated rings. The molecule has 5 heteroatoms. The van der Waals surface area contributed by atoms with Crippen LogP contribution in [0.3, 0.4) is 0 Å². The maximum Gasteiger partial charge on any atom is 0.488 e. The van der Waals surface area contributed by atoms with E-state index in [0.29, 0.717) is 12.1 Å². The zero-order valence-corrected chi connectivity index (χ0v) is 8.18. The van der Waals surface area contributed by atoms with E-state index in [0.717, 1.165) is 18.5 Å². The zero-order chi connectivity index (χ0) is 10.4. The van der Waals surface area contributed by atoms with E-state index in [1.54, 1.807) is 25.4 Å². The summed E-state index contributed by atoms with van der Waals surface area (Å²) in [6.07, 6.45) is 3.25. The molecule has 0 aliphatic heterocycles. The van der Waals surface area contributed by atoms with Gasteiger partial charge in [0.2, 0.25) is 0 Å². The minimum absolute atomic E-state index is 0.479. The molecule has 2 N–H and O–H groups in total. The Morgan fingerprint density at radius 1 is 1.50 bits per heavy atom. The van der Waals surface area contributed by atoms with Crippen LogP contribution in [0.15, 0.2) is 18.3 Å².